The molecule has 2 nitrogen and oxygen atoms in total. The van der Waals surface area contributed by atoms with Crippen LogP contribution in [0.4, 0.5) is 0 Å². The second-order valence-corrected chi connectivity index (χ2v) is 6.42. The molecule has 0 aliphatic rings. The minimum atomic E-state index is 0.687. The van der Waals surface area contributed by atoms with Crippen molar-refractivity contribution in [3.63, 3.8) is 0 Å². The molecule has 0 spiro atoms. The highest BCUT2D eigenvalue weighted by Gasteiger charge is 2.01. The Morgan fingerprint density at radius 1 is 0.917 bits per heavy atom. The van der Waals surface area contributed by atoms with Gasteiger partial charge < -0.3 is 4.74 Å². The van der Waals surface area contributed by atoms with Crippen molar-refractivity contribution < 1.29 is 4.74 Å². The largest absolute Gasteiger partial charge is 0.494 e. The van der Waals surface area contributed by atoms with Gasteiger partial charge in [-0.25, -0.2) is 0 Å². The second kappa shape index (κ2) is 9.78. The van der Waals surface area contributed by atoms with E-state index in [9.17, 15) is 0 Å². The third-order valence-corrected chi connectivity index (χ3v) is 4.51. The summed E-state index contributed by atoms with van der Waals surface area (Å²) in [5.74, 6) is 1.77. The first-order chi connectivity index (χ1) is 11.7. The molecule has 0 aliphatic heterocycles. The predicted octanol–water partition coefficient (Wildman–Crippen LogP) is 6.21. The Morgan fingerprint density at radius 3 is 2.12 bits per heavy atom. The Kier molecular flexibility index (Phi) is 7.36. The Balaban J connectivity index is 1.75. The van der Waals surface area contributed by atoms with Crippen molar-refractivity contribution in [1.82, 2.24) is 0 Å². The van der Waals surface area contributed by atoms with E-state index in [2.05, 4.69) is 32.0 Å². The summed E-state index contributed by atoms with van der Waals surface area (Å²) < 4.78 is 5.82. The molecule has 0 bridgehead atoms. The number of benzene rings is 2. The van der Waals surface area contributed by atoms with Gasteiger partial charge in [0.1, 0.15) is 5.75 Å². The summed E-state index contributed by atoms with van der Waals surface area (Å²) in [7, 11) is 0. The topological polar surface area (TPSA) is 33.0 Å². The summed E-state index contributed by atoms with van der Waals surface area (Å²) in [6, 6.07) is 18.0. The van der Waals surface area contributed by atoms with Gasteiger partial charge in [0.25, 0.3) is 0 Å². The molecule has 0 unspecified atom stereocenters. The molecule has 0 N–H and O–H groups in total. The fourth-order valence-electron chi connectivity index (χ4n) is 2.65. The van der Waals surface area contributed by atoms with Gasteiger partial charge in [-0.3, -0.25) is 0 Å². The van der Waals surface area contributed by atoms with Crippen LogP contribution in [-0.2, 0) is 0 Å². The van der Waals surface area contributed by atoms with Gasteiger partial charge in [0.2, 0.25) is 0 Å². The molecule has 2 aromatic rings. The second-order valence-electron chi connectivity index (χ2n) is 6.42. The Labute approximate surface area is 146 Å². The molecule has 2 aromatic carbocycles. The van der Waals surface area contributed by atoms with E-state index in [4.69, 9.17) is 10.00 Å². The minimum absolute atomic E-state index is 0.687. The number of rotatable bonds is 9. The zero-order chi connectivity index (χ0) is 17.2. The van der Waals surface area contributed by atoms with E-state index < -0.39 is 0 Å². The lowest BCUT2D eigenvalue weighted by atomic mass is 10.0. The van der Waals surface area contributed by atoms with Crippen LogP contribution >= 0.6 is 0 Å². The lowest BCUT2D eigenvalue weighted by Gasteiger charge is -2.09. The average molecular weight is 321 g/mol. The number of unbranched alkanes of at least 4 members (excludes halogenated alkanes) is 2. The van der Waals surface area contributed by atoms with E-state index in [1.165, 1.54) is 25.7 Å². The molecule has 2 rings (SSSR count). The maximum atomic E-state index is 8.84. The van der Waals surface area contributed by atoms with Gasteiger partial charge in [-0.1, -0.05) is 63.8 Å². The van der Waals surface area contributed by atoms with Crippen molar-refractivity contribution in [3.05, 3.63) is 54.1 Å². The third-order valence-electron chi connectivity index (χ3n) is 4.51. The van der Waals surface area contributed by atoms with E-state index in [0.29, 0.717) is 5.56 Å². The third kappa shape index (κ3) is 5.74. The molecule has 0 aromatic heterocycles. The Bertz CT molecular complexity index is 637. The minimum Gasteiger partial charge on any atom is -0.494 e. The van der Waals surface area contributed by atoms with Crippen LogP contribution in [0.2, 0.25) is 0 Å². The number of hydrogen-bond acceptors (Lipinski definition) is 2. The first kappa shape index (κ1) is 18.1. The van der Waals surface area contributed by atoms with Gasteiger partial charge in [0.15, 0.2) is 0 Å². The molecule has 0 aliphatic carbocycles. The van der Waals surface area contributed by atoms with Gasteiger partial charge in [0.05, 0.1) is 18.2 Å². The van der Waals surface area contributed by atoms with Crippen LogP contribution < -0.4 is 4.74 Å². The smallest absolute Gasteiger partial charge is 0.119 e. The van der Waals surface area contributed by atoms with E-state index in [0.717, 1.165) is 35.8 Å². The van der Waals surface area contributed by atoms with Crippen molar-refractivity contribution in [2.45, 2.75) is 46.0 Å². The number of nitriles is 1. The highest BCUT2D eigenvalue weighted by molar-refractivity contribution is 5.64. The SMILES string of the molecule is CC[C@@H](C)CCCCCOc1ccc(-c2ccc(C#N)cc2)cc1. The summed E-state index contributed by atoms with van der Waals surface area (Å²) in [6.07, 6.45) is 6.27. The summed E-state index contributed by atoms with van der Waals surface area (Å²) in [5, 5.41) is 8.84. The molecule has 2 heteroatoms. The van der Waals surface area contributed by atoms with E-state index in [1.807, 2.05) is 36.4 Å². The standard InChI is InChI=1S/C22H27NO/c1-3-18(2)7-5-4-6-16-24-22-14-12-21(13-15-22)20-10-8-19(17-23)9-11-20/h8-15,18H,3-7,16H2,1-2H3/t18-/m1/s1. The number of nitrogens with zero attached hydrogens (tertiary/aromatic N) is 1. The van der Waals surface area contributed by atoms with Crippen molar-refractivity contribution in [1.29, 1.82) is 5.26 Å². The fourth-order valence-corrected chi connectivity index (χ4v) is 2.65. The van der Waals surface area contributed by atoms with Gasteiger partial charge in [-0.2, -0.15) is 5.26 Å². The summed E-state index contributed by atoms with van der Waals surface area (Å²) in [6.45, 7) is 5.37. The molecule has 24 heavy (non-hydrogen) atoms. The van der Waals surface area contributed by atoms with Gasteiger partial charge in [0, 0.05) is 0 Å². The molecule has 0 fully saturated rings. The highest BCUT2D eigenvalue weighted by Crippen LogP contribution is 2.23. The molecule has 0 heterocycles. The van der Waals surface area contributed by atoms with E-state index >= 15 is 0 Å². The number of hydrogen-bond donors (Lipinski definition) is 0. The van der Waals surface area contributed by atoms with Gasteiger partial charge >= 0.3 is 0 Å². The molecule has 1 atom stereocenters. The lowest BCUT2D eigenvalue weighted by molar-refractivity contribution is 0.302. The number of ether oxygens (including phenoxy) is 1. The maximum Gasteiger partial charge on any atom is 0.119 e. The van der Waals surface area contributed by atoms with Crippen LogP contribution in [0.3, 0.4) is 0 Å². The van der Waals surface area contributed by atoms with Crippen molar-refractivity contribution in [2.75, 3.05) is 6.61 Å². The zero-order valence-corrected chi connectivity index (χ0v) is 14.8. The average Bonchev–Trinajstić information content (AvgIpc) is 2.65. The lowest BCUT2D eigenvalue weighted by Crippen LogP contribution is -1.98. The van der Waals surface area contributed by atoms with Crippen LogP contribution in [0.25, 0.3) is 11.1 Å². The normalized spacial score (nSPS) is 11.7. The van der Waals surface area contributed by atoms with Crippen molar-refractivity contribution in [3.8, 4) is 22.9 Å². The van der Waals surface area contributed by atoms with Crippen molar-refractivity contribution >= 4 is 0 Å². The molecule has 0 amide bonds. The highest BCUT2D eigenvalue weighted by atomic mass is 16.5. The van der Waals surface area contributed by atoms with Crippen LogP contribution in [0.5, 0.6) is 5.75 Å². The quantitative estimate of drug-likeness (QED) is 0.514. The Hall–Kier alpha value is -2.27. The van der Waals surface area contributed by atoms with Gasteiger partial charge in [-0.05, 0) is 47.7 Å². The molecule has 0 saturated heterocycles. The van der Waals surface area contributed by atoms with Crippen LogP contribution in [0.15, 0.2) is 48.5 Å². The molecular formula is C22H27NO. The van der Waals surface area contributed by atoms with Crippen LogP contribution in [0, 0.1) is 17.2 Å². The monoisotopic (exact) mass is 321 g/mol. The van der Waals surface area contributed by atoms with Crippen LogP contribution in [-0.4, -0.2) is 6.61 Å². The Morgan fingerprint density at radius 2 is 1.54 bits per heavy atom. The molecule has 0 saturated carbocycles. The molecule has 126 valence electrons. The first-order valence-corrected chi connectivity index (χ1v) is 8.96. The van der Waals surface area contributed by atoms with Crippen LogP contribution in [0.1, 0.15) is 51.5 Å². The maximum absolute atomic E-state index is 8.84. The van der Waals surface area contributed by atoms with Gasteiger partial charge in [-0.15, -0.1) is 0 Å². The molecular weight excluding hydrogens is 294 g/mol. The summed E-state index contributed by atoms with van der Waals surface area (Å²) in [4.78, 5) is 0. The summed E-state index contributed by atoms with van der Waals surface area (Å²) in [5.41, 5.74) is 2.94. The van der Waals surface area contributed by atoms with E-state index in [1.54, 1.807) is 0 Å². The fraction of sp³-hybridized carbons (Fsp3) is 0.409. The van der Waals surface area contributed by atoms with Crippen molar-refractivity contribution in [2.24, 2.45) is 5.92 Å². The van der Waals surface area contributed by atoms with E-state index in [-0.39, 0.29) is 0 Å². The molecule has 0 radical (unpaired) electrons. The zero-order valence-electron chi connectivity index (χ0n) is 14.8. The predicted molar refractivity (Wildman–Crippen MR) is 100 cm³/mol. The summed E-state index contributed by atoms with van der Waals surface area (Å²) >= 11 is 0. The first-order valence-electron chi connectivity index (χ1n) is 8.96.